The Kier molecular flexibility index (Phi) is 3.28. The van der Waals surface area contributed by atoms with Crippen LogP contribution in [0.1, 0.15) is 0 Å². The number of rotatable bonds is 2. The van der Waals surface area contributed by atoms with Crippen molar-refractivity contribution in [3.05, 3.63) is 44.9 Å². The van der Waals surface area contributed by atoms with Crippen molar-refractivity contribution >= 4 is 44.0 Å². The van der Waals surface area contributed by atoms with Crippen LogP contribution in [0, 0.1) is 0 Å². The highest BCUT2D eigenvalue weighted by Crippen LogP contribution is 2.31. The van der Waals surface area contributed by atoms with E-state index in [1.165, 1.54) is 20.7 Å². The number of hydrogen-bond donors (Lipinski definition) is 0. The first-order valence-electron chi connectivity index (χ1n) is 3.77. The van der Waals surface area contributed by atoms with Gasteiger partial charge in [0.2, 0.25) is 4.74 Å². The summed E-state index contributed by atoms with van der Waals surface area (Å²) in [6.07, 6.45) is 0. The second kappa shape index (κ2) is 4.49. The fourth-order valence-electron chi connectivity index (χ4n) is 0.892. The van der Waals surface area contributed by atoms with Crippen LogP contribution in [0.15, 0.2) is 44.2 Å². The molecule has 0 atom stereocenters. The summed E-state index contributed by atoms with van der Waals surface area (Å²) >= 11 is 7.35. The molecule has 2 rings (SSSR count). The van der Waals surface area contributed by atoms with Crippen molar-refractivity contribution in [3.8, 4) is 0 Å². The highest BCUT2D eigenvalue weighted by Gasteiger charge is 2.00. The quantitative estimate of drug-likeness (QED) is 0.760. The molecule has 0 saturated carbocycles. The van der Waals surface area contributed by atoms with Gasteiger partial charge in [-0.3, -0.25) is 4.79 Å². The Morgan fingerprint density at radius 2 is 1.86 bits per heavy atom. The topological polar surface area (TPSA) is 17.1 Å². The molecule has 14 heavy (non-hydrogen) atoms. The highest BCUT2D eigenvalue weighted by atomic mass is 35.5. The molecule has 0 aliphatic carbocycles. The molecule has 0 radical (unpaired) electrons. The lowest BCUT2D eigenvalue weighted by Gasteiger charge is -1.96. The van der Waals surface area contributed by atoms with Crippen molar-refractivity contribution in [2.45, 2.75) is 9.10 Å². The molecule has 0 unspecified atom stereocenters. The van der Waals surface area contributed by atoms with E-state index in [1.54, 1.807) is 17.8 Å². The monoisotopic (exact) mass is 260 g/mol. The summed E-state index contributed by atoms with van der Waals surface area (Å²) in [6.45, 7) is 0. The highest BCUT2D eigenvalue weighted by molar-refractivity contribution is 8.02. The van der Waals surface area contributed by atoms with E-state index in [0.717, 1.165) is 14.1 Å². The van der Waals surface area contributed by atoms with Crippen LogP contribution < -0.4 is 4.74 Å². The van der Waals surface area contributed by atoms with Crippen LogP contribution in [0.3, 0.4) is 0 Å². The molecular weight excluding hydrogens is 256 g/mol. The van der Waals surface area contributed by atoms with Gasteiger partial charge in [0.15, 0.2) is 0 Å². The molecule has 1 aromatic heterocycles. The van der Waals surface area contributed by atoms with Gasteiger partial charge in [0, 0.05) is 16.0 Å². The molecule has 0 aliphatic heterocycles. The van der Waals surface area contributed by atoms with Crippen LogP contribution >= 0.6 is 44.0 Å². The Morgan fingerprint density at radius 1 is 1.14 bits per heavy atom. The Hall–Kier alpha value is -0.290. The van der Waals surface area contributed by atoms with Gasteiger partial charge in [0.1, 0.15) is 0 Å². The van der Waals surface area contributed by atoms with Crippen molar-refractivity contribution < 1.29 is 0 Å². The lowest BCUT2D eigenvalue weighted by Crippen LogP contribution is -1.80. The number of benzene rings is 1. The third kappa shape index (κ3) is 2.60. The molecule has 0 bridgehead atoms. The molecule has 5 heteroatoms. The van der Waals surface area contributed by atoms with Crippen molar-refractivity contribution in [1.29, 1.82) is 0 Å². The second-order valence-electron chi connectivity index (χ2n) is 2.51. The molecule has 1 aromatic carbocycles. The van der Waals surface area contributed by atoms with E-state index in [-0.39, 0.29) is 4.74 Å². The molecular formula is C9H5ClOS3. The van der Waals surface area contributed by atoms with Gasteiger partial charge in [-0.1, -0.05) is 33.7 Å². The van der Waals surface area contributed by atoms with Crippen LogP contribution in [0.4, 0.5) is 0 Å². The van der Waals surface area contributed by atoms with Gasteiger partial charge >= 0.3 is 0 Å². The van der Waals surface area contributed by atoms with Crippen LogP contribution in [0.5, 0.6) is 0 Å². The molecule has 1 heterocycles. The summed E-state index contributed by atoms with van der Waals surface area (Å²) in [7, 11) is 2.77. The smallest absolute Gasteiger partial charge is 0.244 e. The maximum Gasteiger partial charge on any atom is 0.244 e. The van der Waals surface area contributed by atoms with Gasteiger partial charge in [-0.25, -0.2) is 0 Å². The Balaban J connectivity index is 2.19. The minimum Gasteiger partial charge on any atom is -0.277 e. The van der Waals surface area contributed by atoms with Crippen molar-refractivity contribution in [2.75, 3.05) is 0 Å². The number of hydrogen-bond acceptors (Lipinski definition) is 4. The standard InChI is InChI=1S/C9H5ClOS3/c10-6-1-3-7(4-2-6)12-9-5-8(11)13-14-9/h1-5H. The van der Waals surface area contributed by atoms with Crippen molar-refractivity contribution in [2.24, 2.45) is 0 Å². The van der Waals surface area contributed by atoms with E-state index in [0.29, 0.717) is 0 Å². The molecule has 2 aromatic rings. The van der Waals surface area contributed by atoms with E-state index in [1.807, 2.05) is 24.3 Å². The minimum atomic E-state index is 0.117. The minimum absolute atomic E-state index is 0.117. The van der Waals surface area contributed by atoms with Gasteiger partial charge in [0.05, 0.1) is 4.21 Å². The largest absolute Gasteiger partial charge is 0.277 e. The van der Waals surface area contributed by atoms with E-state index >= 15 is 0 Å². The molecule has 0 fully saturated rings. The summed E-state index contributed by atoms with van der Waals surface area (Å²) < 4.78 is 1.15. The summed E-state index contributed by atoms with van der Waals surface area (Å²) in [4.78, 5) is 12.0. The first-order chi connectivity index (χ1) is 6.74. The average molecular weight is 261 g/mol. The molecule has 0 N–H and O–H groups in total. The summed E-state index contributed by atoms with van der Waals surface area (Å²) in [5.41, 5.74) is 0. The summed E-state index contributed by atoms with van der Waals surface area (Å²) in [6, 6.07) is 9.25. The average Bonchev–Trinajstić information content (AvgIpc) is 2.56. The fourth-order valence-corrected chi connectivity index (χ4v) is 4.14. The third-order valence-corrected chi connectivity index (χ3v) is 5.30. The molecule has 1 nitrogen and oxygen atoms in total. The maximum atomic E-state index is 10.9. The van der Waals surface area contributed by atoms with E-state index in [4.69, 9.17) is 11.6 Å². The fraction of sp³-hybridized carbons (Fsp3) is 0. The van der Waals surface area contributed by atoms with Crippen LogP contribution in [-0.4, -0.2) is 0 Å². The van der Waals surface area contributed by atoms with E-state index in [9.17, 15) is 4.79 Å². The van der Waals surface area contributed by atoms with Crippen LogP contribution in [0.25, 0.3) is 0 Å². The lowest BCUT2D eigenvalue weighted by molar-refractivity contribution is 1.45. The zero-order chi connectivity index (χ0) is 9.97. The van der Waals surface area contributed by atoms with E-state index < -0.39 is 0 Å². The molecule has 72 valence electrons. The van der Waals surface area contributed by atoms with Crippen LogP contribution in [0.2, 0.25) is 5.02 Å². The van der Waals surface area contributed by atoms with Crippen LogP contribution in [-0.2, 0) is 0 Å². The molecule has 0 amide bonds. The maximum absolute atomic E-state index is 10.9. The van der Waals surface area contributed by atoms with E-state index in [2.05, 4.69) is 0 Å². The summed E-state index contributed by atoms with van der Waals surface area (Å²) in [5.74, 6) is 0. The van der Waals surface area contributed by atoms with Gasteiger partial charge in [-0.05, 0) is 34.6 Å². The van der Waals surface area contributed by atoms with Gasteiger partial charge in [-0.15, -0.1) is 0 Å². The third-order valence-electron chi connectivity index (χ3n) is 1.47. The second-order valence-corrected chi connectivity index (χ2v) is 6.49. The molecule has 0 spiro atoms. The first-order valence-corrected chi connectivity index (χ1v) is 7.12. The Labute approximate surface area is 97.7 Å². The predicted octanol–water partition coefficient (Wildman–Crippen LogP) is 3.97. The lowest BCUT2D eigenvalue weighted by atomic mass is 10.4. The van der Waals surface area contributed by atoms with Gasteiger partial charge in [-0.2, -0.15) is 0 Å². The SMILES string of the molecule is O=c1cc(Sc2ccc(Cl)cc2)ss1. The number of halogens is 1. The van der Waals surface area contributed by atoms with Gasteiger partial charge in [0.25, 0.3) is 0 Å². The first kappa shape index (κ1) is 10.2. The zero-order valence-corrected chi connectivity index (χ0v) is 10.1. The van der Waals surface area contributed by atoms with Crippen molar-refractivity contribution in [3.63, 3.8) is 0 Å². The molecule has 0 aliphatic rings. The normalized spacial score (nSPS) is 10.4. The Bertz CT molecular complexity index is 471. The predicted molar refractivity (Wildman–Crippen MR) is 64.0 cm³/mol. The van der Waals surface area contributed by atoms with Gasteiger partial charge < -0.3 is 0 Å². The van der Waals surface area contributed by atoms with Crippen molar-refractivity contribution in [1.82, 2.24) is 0 Å². The Morgan fingerprint density at radius 3 is 2.43 bits per heavy atom. The molecule has 0 saturated heterocycles. The zero-order valence-electron chi connectivity index (χ0n) is 6.90. The summed E-state index contributed by atoms with van der Waals surface area (Å²) in [5, 5.41) is 0.729.